The van der Waals surface area contributed by atoms with Gasteiger partial charge >= 0.3 is 0 Å². The number of hydrogen-bond donors (Lipinski definition) is 1. The van der Waals surface area contributed by atoms with Gasteiger partial charge in [0.1, 0.15) is 0 Å². The zero-order valence-corrected chi connectivity index (χ0v) is 13.9. The summed E-state index contributed by atoms with van der Waals surface area (Å²) in [5.41, 5.74) is 0.340. The van der Waals surface area contributed by atoms with Gasteiger partial charge in [-0.05, 0) is 53.6 Å². The minimum Gasteiger partial charge on any atom is -0.384 e. The summed E-state index contributed by atoms with van der Waals surface area (Å²) in [7, 11) is 0. The van der Waals surface area contributed by atoms with Crippen molar-refractivity contribution in [2.75, 3.05) is 19.6 Å². The van der Waals surface area contributed by atoms with Crippen LogP contribution < -0.4 is 0 Å². The van der Waals surface area contributed by atoms with Crippen LogP contribution in [0.1, 0.15) is 37.7 Å². The molecule has 114 valence electrons. The normalized spacial score (nSPS) is 36.7. The van der Waals surface area contributed by atoms with Crippen molar-refractivity contribution in [2.45, 2.75) is 37.7 Å². The van der Waals surface area contributed by atoms with Crippen molar-refractivity contribution in [1.29, 1.82) is 0 Å². The molecule has 0 radical (unpaired) electrons. The predicted octanol–water partition coefficient (Wildman–Crippen LogP) is 3.17. The minimum absolute atomic E-state index is 0.361. The number of aromatic nitrogens is 1. The van der Waals surface area contributed by atoms with Gasteiger partial charge in [0.2, 0.25) is 0 Å². The summed E-state index contributed by atoms with van der Waals surface area (Å²) in [6, 6.07) is 2.06. The first-order chi connectivity index (χ1) is 10.2. The second-order valence-electron chi connectivity index (χ2n) is 7.20. The Balaban J connectivity index is 1.62. The van der Waals surface area contributed by atoms with Gasteiger partial charge in [-0.1, -0.05) is 6.42 Å². The summed E-state index contributed by atoms with van der Waals surface area (Å²) in [6.07, 6.45) is 10.0. The van der Waals surface area contributed by atoms with Gasteiger partial charge in [-0.2, -0.15) is 0 Å². The smallest absolute Gasteiger partial charge is 0.0992 e. The molecule has 1 aliphatic heterocycles. The van der Waals surface area contributed by atoms with E-state index in [2.05, 4.69) is 31.9 Å². The number of hydrogen-bond acceptors (Lipinski definition) is 3. The molecular formula is C17H23BrN2O. The first kappa shape index (κ1) is 14.2. The number of piperidine rings is 1. The van der Waals surface area contributed by atoms with E-state index in [-0.39, 0.29) is 0 Å². The third-order valence-corrected chi connectivity index (χ3v) is 6.12. The van der Waals surface area contributed by atoms with Crippen molar-refractivity contribution < 1.29 is 5.11 Å². The predicted molar refractivity (Wildman–Crippen MR) is 85.8 cm³/mol. The number of fused-ring (bicyclic) bond motifs is 2. The van der Waals surface area contributed by atoms with E-state index in [0.717, 1.165) is 41.9 Å². The lowest BCUT2D eigenvalue weighted by molar-refractivity contribution is -0.147. The third-order valence-electron chi connectivity index (χ3n) is 5.69. The van der Waals surface area contributed by atoms with Gasteiger partial charge in [0.05, 0.1) is 5.60 Å². The van der Waals surface area contributed by atoms with Crippen LogP contribution in [0.2, 0.25) is 0 Å². The number of rotatable bonds is 3. The molecule has 2 saturated carbocycles. The molecule has 3 nitrogen and oxygen atoms in total. The molecule has 0 amide bonds. The Bertz CT molecular complexity index is 517. The van der Waals surface area contributed by atoms with E-state index in [1.807, 2.05) is 6.20 Å². The van der Waals surface area contributed by atoms with Gasteiger partial charge in [0.15, 0.2) is 0 Å². The van der Waals surface area contributed by atoms with E-state index < -0.39 is 5.60 Å². The van der Waals surface area contributed by atoms with Gasteiger partial charge in [-0.15, -0.1) is 0 Å². The molecule has 3 fully saturated rings. The maximum Gasteiger partial charge on any atom is 0.0992 e. The lowest BCUT2D eigenvalue weighted by atomic mass is 9.63. The third kappa shape index (κ3) is 2.55. The highest BCUT2D eigenvalue weighted by molar-refractivity contribution is 9.10. The van der Waals surface area contributed by atoms with Crippen LogP contribution in [0.3, 0.4) is 0 Å². The van der Waals surface area contributed by atoms with E-state index >= 15 is 0 Å². The standard InChI is InChI=1S/C17H23BrN2O/c18-16-6-15(7-19-8-16)17(21)13-2-1-3-14(17)11-20(10-13)9-12-4-5-12/h6-8,12-14,21H,1-5,9-11H2/t13-,14+,17?. The summed E-state index contributed by atoms with van der Waals surface area (Å²) in [6.45, 7) is 3.35. The van der Waals surface area contributed by atoms with E-state index in [4.69, 9.17) is 0 Å². The van der Waals surface area contributed by atoms with Crippen molar-refractivity contribution in [2.24, 2.45) is 17.8 Å². The maximum atomic E-state index is 11.5. The molecule has 1 aromatic rings. The molecule has 21 heavy (non-hydrogen) atoms. The van der Waals surface area contributed by atoms with Gasteiger partial charge in [0, 0.05) is 53.9 Å². The van der Waals surface area contributed by atoms with E-state index in [0.29, 0.717) is 11.8 Å². The van der Waals surface area contributed by atoms with Crippen LogP contribution in [0.4, 0.5) is 0 Å². The van der Waals surface area contributed by atoms with Crippen molar-refractivity contribution in [1.82, 2.24) is 9.88 Å². The van der Waals surface area contributed by atoms with Crippen molar-refractivity contribution in [3.05, 3.63) is 28.5 Å². The second kappa shape index (κ2) is 5.32. The molecule has 2 heterocycles. The number of halogens is 1. The largest absolute Gasteiger partial charge is 0.384 e. The average Bonchev–Trinajstić information content (AvgIpc) is 3.24. The SMILES string of the molecule is OC1(c2cncc(Br)c2)[C@@H]2CCC[C@H]1CN(CC1CC1)C2. The average molecular weight is 351 g/mol. The fourth-order valence-corrected chi connectivity index (χ4v) is 4.82. The molecule has 0 aromatic carbocycles. The maximum absolute atomic E-state index is 11.5. The Kier molecular flexibility index (Phi) is 3.59. The highest BCUT2D eigenvalue weighted by Crippen LogP contribution is 2.49. The number of likely N-dealkylation sites (tertiary alicyclic amines) is 1. The summed E-state index contributed by atoms with van der Waals surface area (Å²) < 4.78 is 0.965. The Morgan fingerprint density at radius 1 is 1.19 bits per heavy atom. The minimum atomic E-state index is -0.672. The zero-order valence-electron chi connectivity index (χ0n) is 12.3. The second-order valence-corrected chi connectivity index (χ2v) is 8.12. The van der Waals surface area contributed by atoms with Crippen LogP contribution in [0.5, 0.6) is 0 Å². The van der Waals surface area contributed by atoms with Crippen LogP contribution in [0, 0.1) is 17.8 Å². The number of nitrogens with zero attached hydrogens (tertiary/aromatic N) is 2. The van der Waals surface area contributed by atoms with Gasteiger partial charge in [-0.3, -0.25) is 4.98 Å². The highest BCUT2D eigenvalue weighted by atomic mass is 79.9. The molecule has 3 atom stereocenters. The zero-order chi connectivity index (χ0) is 14.4. The summed E-state index contributed by atoms with van der Waals surface area (Å²) in [4.78, 5) is 6.91. The summed E-state index contributed by atoms with van der Waals surface area (Å²) >= 11 is 3.50. The van der Waals surface area contributed by atoms with Crippen molar-refractivity contribution in [3.8, 4) is 0 Å². The first-order valence-corrected chi connectivity index (χ1v) is 9.01. The lowest BCUT2D eigenvalue weighted by Crippen LogP contribution is -2.58. The van der Waals surface area contributed by atoms with E-state index in [1.54, 1.807) is 6.20 Å². The molecule has 1 aromatic heterocycles. The molecule has 2 aliphatic carbocycles. The fourth-order valence-electron chi connectivity index (χ4n) is 4.46. The molecule has 2 bridgehead atoms. The van der Waals surface area contributed by atoms with Gasteiger partial charge < -0.3 is 10.0 Å². The lowest BCUT2D eigenvalue weighted by Gasteiger charge is -2.53. The topological polar surface area (TPSA) is 36.4 Å². The molecule has 3 aliphatic rings. The molecular weight excluding hydrogens is 328 g/mol. The Hall–Kier alpha value is -0.450. The van der Waals surface area contributed by atoms with Crippen LogP contribution in [0.15, 0.2) is 22.9 Å². The Morgan fingerprint density at radius 3 is 2.52 bits per heavy atom. The van der Waals surface area contributed by atoms with Crippen LogP contribution in [-0.2, 0) is 5.60 Å². The van der Waals surface area contributed by atoms with Crippen molar-refractivity contribution >= 4 is 15.9 Å². The monoisotopic (exact) mass is 350 g/mol. The molecule has 1 saturated heterocycles. The quantitative estimate of drug-likeness (QED) is 0.909. The molecule has 4 rings (SSSR count). The van der Waals surface area contributed by atoms with Crippen LogP contribution in [0.25, 0.3) is 0 Å². The molecule has 4 heteroatoms. The van der Waals surface area contributed by atoms with Gasteiger partial charge in [0.25, 0.3) is 0 Å². The van der Waals surface area contributed by atoms with E-state index in [9.17, 15) is 5.11 Å². The molecule has 1 N–H and O–H groups in total. The fraction of sp³-hybridized carbons (Fsp3) is 0.706. The summed E-state index contributed by atoms with van der Waals surface area (Å²) in [5, 5.41) is 11.5. The summed E-state index contributed by atoms with van der Waals surface area (Å²) in [5.74, 6) is 1.66. The van der Waals surface area contributed by atoms with Gasteiger partial charge in [-0.25, -0.2) is 0 Å². The van der Waals surface area contributed by atoms with Crippen LogP contribution >= 0.6 is 15.9 Å². The first-order valence-electron chi connectivity index (χ1n) is 8.22. The molecule has 1 unspecified atom stereocenters. The Labute approximate surface area is 134 Å². The number of aliphatic hydroxyl groups is 1. The Morgan fingerprint density at radius 2 is 1.90 bits per heavy atom. The van der Waals surface area contributed by atoms with Crippen molar-refractivity contribution in [3.63, 3.8) is 0 Å². The highest BCUT2D eigenvalue weighted by Gasteiger charge is 2.52. The molecule has 0 spiro atoms. The van der Waals surface area contributed by atoms with Crippen LogP contribution in [-0.4, -0.2) is 34.6 Å². The van der Waals surface area contributed by atoms with E-state index in [1.165, 1.54) is 25.8 Å². The number of pyridine rings is 1.